The quantitative estimate of drug-likeness (QED) is 0.492. The van der Waals surface area contributed by atoms with Crippen LogP contribution in [0.5, 0.6) is 0 Å². The lowest BCUT2D eigenvalue weighted by atomic mass is 10.1. The van der Waals surface area contributed by atoms with Crippen molar-refractivity contribution in [3.63, 3.8) is 0 Å². The second-order valence-corrected chi connectivity index (χ2v) is 6.86. The van der Waals surface area contributed by atoms with Gasteiger partial charge in [0.05, 0.1) is 0 Å². The Labute approximate surface area is 169 Å². The number of amides is 1. The summed E-state index contributed by atoms with van der Waals surface area (Å²) in [5, 5.41) is 11.2. The van der Waals surface area contributed by atoms with E-state index in [0.717, 1.165) is 23.2 Å². The molecule has 1 amide bonds. The Kier molecular flexibility index (Phi) is 5.20. The van der Waals surface area contributed by atoms with Gasteiger partial charge in [-0.3, -0.25) is 4.79 Å². The van der Waals surface area contributed by atoms with Gasteiger partial charge in [-0.2, -0.15) is 0 Å². The molecule has 0 saturated heterocycles. The van der Waals surface area contributed by atoms with Gasteiger partial charge in [-0.05, 0) is 67.4 Å². The minimum Gasteiger partial charge on any atom is -0.416 e. The first-order valence-electron chi connectivity index (χ1n) is 9.53. The second kappa shape index (κ2) is 8.10. The van der Waals surface area contributed by atoms with Crippen molar-refractivity contribution >= 4 is 11.6 Å². The van der Waals surface area contributed by atoms with Crippen molar-refractivity contribution in [3.05, 3.63) is 89.5 Å². The summed E-state index contributed by atoms with van der Waals surface area (Å²) in [6.45, 7) is 4.13. The van der Waals surface area contributed by atoms with Crippen LogP contribution in [0.1, 0.15) is 28.4 Å². The maximum Gasteiger partial charge on any atom is 0.255 e. The highest BCUT2D eigenvalue weighted by Crippen LogP contribution is 2.24. The standard InChI is InChI=1S/C24H21N3O2/c1-3-17-6-14-21(15-7-17)25-22(28)18-10-12-20(13-11-18)24-27-26-23(29-24)19-8-4-16(2)5-9-19/h4-15H,3H2,1-2H3,(H,25,28). The summed E-state index contributed by atoms with van der Waals surface area (Å²) < 4.78 is 5.79. The van der Waals surface area contributed by atoms with Gasteiger partial charge in [0.2, 0.25) is 11.8 Å². The molecule has 3 aromatic carbocycles. The lowest BCUT2D eigenvalue weighted by molar-refractivity contribution is 0.102. The van der Waals surface area contributed by atoms with Crippen LogP contribution in [0.2, 0.25) is 0 Å². The monoisotopic (exact) mass is 383 g/mol. The van der Waals surface area contributed by atoms with E-state index >= 15 is 0 Å². The summed E-state index contributed by atoms with van der Waals surface area (Å²) in [5.74, 6) is 0.728. The summed E-state index contributed by atoms with van der Waals surface area (Å²) >= 11 is 0. The van der Waals surface area contributed by atoms with Crippen LogP contribution in [0.3, 0.4) is 0 Å². The van der Waals surface area contributed by atoms with Crippen molar-refractivity contribution in [2.45, 2.75) is 20.3 Å². The first kappa shape index (κ1) is 18.6. The van der Waals surface area contributed by atoms with E-state index in [-0.39, 0.29) is 5.91 Å². The molecule has 0 aliphatic rings. The number of aromatic nitrogens is 2. The molecule has 0 atom stereocenters. The maximum absolute atomic E-state index is 12.5. The molecule has 0 aliphatic heterocycles. The van der Waals surface area contributed by atoms with E-state index in [2.05, 4.69) is 22.4 Å². The zero-order valence-corrected chi connectivity index (χ0v) is 16.3. The van der Waals surface area contributed by atoms with Gasteiger partial charge in [0, 0.05) is 22.4 Å². The molecular formula is C24H21N3O2. The van der Waals surface area contributed by atoms with E-state index < -0.39 is 0 Å². The van der Waals surface area contributed by atoms with E-state index in [9.17, 15) is 4.79 Å². The molecular weight excluding hydrogens is 362 g/mol. The Hall–Kier alpha value is -3.73. The first-order chi connectivity index (χ1) is 14.1. The largest absolute Gasteiger partial charge is 0.416 e. The van der Waals surface area contributed by atoms with Crippen LogP contribution in [0.4, 0.5) is 5.69 Å². The highest BCUT2D eigenvalue weighted by atomic mass is 16.4. The molecule has 1 heterocycles. The van der Waals surface area contributed by atoms with Crippen LogP contribution in [0.25, 0.3) is 22.9 Å². The van der Waals surface area contributed by atoms with E-state index in [1.54, 1.807) is 12.1 Å². The van der Waals surface area contributed by atoms with Crippen LogP contribution in [0, 0.1) is 6.92 Å². The molecule has 0 saturated carbocycles. The molecule has 0 fully saturated rings. The van der Waals surface area contributed by atoms with Crippen LogP contribution >= 0.6 is 0 Å². The van der Waals surface area contributed by atoms with Crippen molar-refractivity contribution in [1.29, 1.82) is 0 Å². The van der Waals surface area contributed by atoms with Gasteiger partial charge in [-0.25, -0.2) is 0 Å². The Morgan fingerprint density at radius 1 is 0.828 bits per heavy atom. The fourth-order valence-electron chi connectivity index (χ4n) is 2.94. The van der Waals surface area contributed by atoms with Gasteiger partial charge in [-0.1, -0.05) is 36.8 Å². The van der Waals surface area contributed by atoms with Crippen LogP contribution in [0.15, 0.2) is 77.2 Å². The Bertz CT molecular complexity index is 1110. The molecule has 0 unspecified atom stereocenters. The number of nitrogens with zero attached hydrogens (tertiary/aromatic N) is 2. The summed E-state index contributed by atoms with van der Waals surface area (Å²) in [6.07, 6.45) is 0.969. The molecule has 1 N–H and O–H groups in total. The van der Waals surface area contributed by atoms with Crippen molar-refractivity contribution in [1.82, 2.24) is 10.2 Å². The topological polar surface area (TPSA) is 68.0 Å². The second-order valence-electron chi connectivity index (χ2n) is 6.86. The number of hydrogen-bond acceptors (Lipinski definition) is 4. The first-order valence-corrected chi connectivity index (χ1v) is 9.53. The van der Waals surface area contributed by atoms with Crippen molar-refractivity contribution in [3.8, 4) is 22.9 Å². The third-order valence-electron chi connectivity index (χ3n) is 4.74. The average Bonchev–Trinajstić information content (AvgIpc) is 3.25. The minimum atomic E-state index is -0.160. The Morgan fingerprint density at radius 3 is 1.93 bits per heavy atom. The molecule has 5 nitrogen and oxygen atoms in total. The molecule has 4 rings (SSSR count). The van der Waals surface area contributed by atoms with Gasteiger partial charge < -0.3 is 9.73 Å². The summed E-state index contributed by atoms with van der Waals surface area (Å²) in [6, 6.07) is 22.9. The zero-order valence-electron chi connectivity index (χ0n) is 16.3. The average molecular weight is 383 g/mol. The van der Waals surface area contributed by atoms with Crippen molar-refractivity contribution in [2.24, 2.45) is 0 Å². The molecule has 144 valence electrons. The zero-order chi connectivity index (χ0) is 20.2. The lowest BCUT2D eigenvalue weighted by Crippen LogP contribution is -2.11. The molecule has 4 aromatic rings. The van der Waals surface area contributed by atoms with Gasteiger partial charge in [0.25, 0.3) is 5.91 Å². The number of hydrogen-bond donors (Lipinski definition) is 1. The highest BCUT2D eigenvalue weighted by molar-refractivity contribution is 6.04. The number of rotatable bonds is 5. The fourth-order valence-corrected chi connectivity index (χ4v) is 2.94. The molecule has 0 bridgehead atoms. The Balaban J connectivity index is 1.47. The lowest BCUT2D eigenvalue weighted by Gasteiger charge is -2.06. The van der Waals surface area contributed by atoms with Gasteiger partial charge in [0.1, 0.15) is 0 Å². The smallest absolute Gasteiger partial charge is 0.255 e. The third kappa shape index (κ3) is 4.24. The van der Waals surface area contributed by atoms with Crippen LogP contribution < -0.4 is 5.32 Å². The third-order valence-corrected chi connectivity index (χ3v) is 4.74. The Morgan fingerprint density at radius 2 is 1.38 bits per heavy atom. The molecule has 29 heavy (non-hydrogen) atoms. The summed E-state index contributed by atoms with van der Waals surface area (Å²) in [7, 11) is 0. The molecule has 1 aromatic heterocycles. The number of benzene rings is 3. The van der Waals surface area contributed by atoms with Crippen molar-refractivity contribution in [2.75, 3.05) is 5.32 Å². The normalized spacial score (nSPS) is 10.7. The fraction of sp³-hybridized carbons (Fsp3) is 0.125. The van der Waals surface area contributed by atoms with Crippen LogP contribution in [-0.2, 0) is 6.42 Å². The molecule has 0 radical (unpaired) electrons. The van der Waals surface area contributed by atoms with E-state index in [4.69, 9.17) is 4.42 Å². The summed E-state index contributed by atoms with van der Waals surface area (Å²) in [4.78, 5) is 12.5. The van der Waals surface area contributed by atoms with E-state index in [0.29, 0.717) is 17.3 Å². The van der Waals surface area contributed by atoms with Crippen molar-refractivity contribution < 1.29 is 9.21 Å². The minimum absolute atomic E-state index is 0.160. The number of aryl methyl sites for hydroxylation is 2. The number of anilines is 1. The number of nitrogens with one attached hydrogen (secondary N) is 1. The predicted molar refractivity (Wildman–Crippen MR) is 114 cm³/mol. The molecule has 0 spiro atoms. The van der Waals surface area contributed by atoms with Gasteiger partial charge >= 0.3 is 0 Å². The molecule has 0 aliphatic carbocycles. The summed E-state index contributed by atoms with van der Waals surface area (Å²) in [5.41, 5.74) is 5.38. The molecule has 5 heteroatoms. The SMILES string of the molecule is CCc1ccc(NC(=O)c2ccc(-c3nnc(-c4ccc(C)cc4)o3)cc2)cc1. The van der Waals surface area contributed by atoms with Gasteiger partial charge in [0.15, 0.2) is 0 Å². The maximum atomic E-state index is 12.5. The van der Waals surface area contributed by atoms with Crippen LogP contribution in [-0.4, -0.2) is 16.1 Å². The van der Waals surface area contributed by atoms with E-state index in [1.807, 2.05) is 67.6 Å². The highest BCUT2D eigenvalue weighted by Gasteiger charge is 2.12. The number of carbonyl (C=O) groups is 1. The van der Waals surface area contributed by atoms with Gasteiger partial charge in [-0.15, -0.1) is 10.2 Å². The predicted octanol–water partition coefficient (Wildman–Crippen LogP) is 5.53. The number of carbonyl (C=O) groups excluding carboxylic acids is 1. The van der Waals surface area contributed by atoms with E-state index in [1.165, 1.54) is 11.1 Å².